The van der Waals surface area contributed by atoms with Crippen molar-refractivity contribution in [1.82, 2.24) is 9.88 Å². The van der Waals surface area contributed by atoms with Crippen molar-refractivity contribution in [2.75, 3.05) is 38.3 Å². The normalized spacial score (nSPS) is 18.0. The lowest BCUT2D eigenvalue weighted by molar-refractivity contribution is -0.148. The Morgan fingerprint density at radius 2 is 2.04 bits per heavy atom. The number of nitrogens with zero attached hydrogens (tertiary/aromatic N) is 1. The van der Waals surface area contributed by atoms with Crippen LogP contribution in [0.1, 0.15) is 39.0 Å². The number of ether oxygens (including phenoxy) is 2. The van der Waals surface area contributed by atoms with Crippen molar-refractivity contribution in [3.8, 4) is 0 Å². The van der Waals surface area contributed by atoms with Gasteiger partial charge in [0, 0.05) is 23.7 Å². The number of aryl methyl sites for hydroxylation is 1. The van der Waals surface area contributed by atoms with Crippen molar-refractivity contribution in [1.29, 1.82) is 0 Å². The SMILES string of the molecule is CCOC(=O)[C@@H]1CSCCN1CC(=O)c1[nH]c(C)c(C(=O)OC)c1C. The summed E-state index contributed by atoms with van der Waals surface area (Å²) in [4.78, 5) is 41.6. The minimum Gasteiger partial charge on any atom is -0.465 e. The number of aromatic nitrogens is 1. The van der Waals surface area contributed by atoms with E-state index < -0.39 is 12.0 Å². The smallest absolute Gasteiger partial charge is 0.339 e. The van der Waals surface area contributed by atoms with Gasteiger partial charge in [-0.05, 0) is 26.3 Å². The fourth-order valence-corrected chi connectivity index (χ4v) is 4.08. The third kappa shape index (κ3) is 4.24. The van der Waals surface area contributed by atoms with Crippen LogP contribution in [0.15, 0.2) is 0 Å². The fourth-order valence-electron chi connectivity index (χ4n) is 2.98. The van der Waals surface area contributed by atoms with Gasteiger partial charge < -0.3 is 14.5 Å². The van der Waals surface area contributed by atoms with E-state index in [2.05, 4.69) is 4.98 Å². The maximum absolute atomic E-state index is 12.8. The summed E-state index contributed by atoms with van der Waals surface area (Å²) < 4.78 is 9.89. The minimum atomic E-state index is -0.468. The van der Waals surface area contributed by atoms with Crippen molar-refractivity contribution in [2.45, 2.75) is 26.8 Å². The average Bonchev–Trinajstić information content (AvgIpc) is 2.89. The van der Waals surface area contributed by atoms with Crippen molar-refractivity contribution >= 4 is 29.5 Å². The molecular weight excluding hydrogens is 344 g/mol. The van der Waals surface area contributed by atoms with Crippen LogP contribution in [0.5, 0.6) is 0 Å². The molecule has 0 saturated carbocycles. The van der Waals surface area contributed by atoms with Gasteiger partial charge in [0.2, 0.25) is 0 Å². The maximum atomic E-state index is 12.8. The standard InChI is InChI=1S/C17H24N2O5S/c1-5-24-16(21)12-9-25-7-6-19(12)8-13(20)15-10(2)14(11(3)18-15)17(22)23-4/h12,18H,5-9H2,1-4H3/t12-/m0/s1. The summed E-state index contributed by atoms with van der Waals surface area (Å²) in [6, 6.07) is -0.418. The molecule has 0 spiro atoms. The van der Waals surface area contributed by atoms with Gasteiger partial charge in [-0.15, -0.1) is 0 Å². The molecule has 25 heavy (non-hydrogen) atoms. The summed E-state index contributed by atoms with van der Waals surface area (Å²) in [5.41, 5.74) is 1.96. The van der Waals surface area contributed by atoms with E-state index in [-0.39, 0.29) is 18.3 Å². The molecular formula is C17H24N2O5S. The Morgan fingerprint density at radius 3 is 2.68 bits per heavy atom. The van der Waals surface area contributed by atoms with Gasteiger partial charge in [-0.25, -0.2) is 4.79 Å². The molecule has 2 rings (SSSR count). The van der Waals surface area contributed by atoms with Gasteiger partial charge in [-0.3, -0.25) is 14.5 Å². The van der Waals surface area contributed by atoms with Gasteiger partial charge in [0.1, 0.15) is 6.04 Å². The number of nitrogens with one attached hydrogen (secondary N) is 1. The van der Waals surface area contributed by atoms with Crippen LogP contribution in [0.25, 0.3) is 0 Å². The van der Waals surface area contributed by atoms with Crippen LogP contribution in [0, 0.1) is 13.8 Å². The topological polar surface area (TPSA) is 88.7 Å². The number of hydrogen-bond donors (Lipinski definition) is 1. The highest BCUT2D eigenvalue weighted by atomic mass is 32.2. The molecule has 1 aliphatic heterocycles. The molecule has 1 N–H and O–H groups in total. The Bertz CT molecular complexity index is 670. The van der Waals surface area contributed by atoms with Crippen LogP contribution < -0.4 is 0 Å². The second-order valence-electron chi connectivity index (χ2n) is 5.85. The Balaban J connectivity index is 2.18. The van der Waals surface area contributed by atoms with Crippen molar-refractivity contribution in [3.05, 3.63) is 22.5 Å². The van der Waals surface area contributed by atoms with Gasteiger partial charge >= 0.3 is 11.9 Å². The van der Waals surface area contributed by atoms with Gasteiger partial charge in [0.15, 0.2) is 5.78 Å². The first kappa shape index (κ1) is 19.5. The number of aromatic amines is 1. The zero-order valence-corrected chi connectivity index (χ0v) is 15.8. The highest BCUT2D eigenvalue weighted by Crippen LogP contribution is 2.22. The zero-order valence-electron chi connectivity index (χ0n) is 15.0. The monoisotopic (exact) mass is 368 g/mol. The first-order valence-electron chi connectivity index (χ1n) is 8.19. The number of carbonyl (C=O) groups excluding carboxylic acids is 3. The Kier molecular flexibility index (Phi) is 6.66. The predicted molar refractivity (Wildman–Crippen MR) is 95.3 cm³/mol. The number of methoxy groups -OCH3 is 1. The third-order valence-corrected chi connectivity index (χ3v) is 5.27. The summed E-state index contributed by atoms with van der Waals surface area (Å²) in [5, 5.41) is 0. The lowest BCUT2D eigenvalue weighted by Gasteiger charge is -2.32. The third-order valence-electron chi connectivity index (χ3n) is 4.25. The van der Waals surface area contributed by atoms with E-state index >= 15 is 0 Å². The van der Waals surface area contributed by atoms with Crippen LogP contribution in [0.3, 0.4) is 0 Å². The predicted octanol–water partition coefficient (Wildman–Crippen LogP) is 1.58. The minimum absolute atomic E-state index is 0.103. The van der Waals surface area contributed by atoms with Crippen LogP contribution in [0.4, 0.5) is 0 Å². The van der Waals surface area contributed by atoms with Crippen LogP contribution in [0.2, 0.25) is 0 Å². The zero-order chi connectivity index (χ0) is 18.6. The lowest BCUT2D eigenvalue weighted by Crippen LogP contribution is -2.50. The second kappa shape index (κ2) is 8.53. The summed E-state index contributed by atoms with van der Waals surface area (Å²) in [5.74, 6) is 0.555. The van der Waals surface area contributed by atoms with Gasteiger partial charge in [-0.2, -0.15) is 11.8 Å². The van der Waals surface area contributed by atoms with E-state index in [0.29, 0.717) is 41.4 Å². The number of Topliss-reactive ketones (excluding diaryl/α,β-unsaturated/α-hetero) is 1. The van der Waals surface area contributed by atoms with Crippen LogP contribution in [-0.2, 0) is 14.3 Å². The Hall–Kier alpha value is -1.80. The first-order valence-corrected chi connectivity index (χ1v) is 9.35. The molecule has 1 atom stereocenters. The number of thioether (sulfide) groups is 1. The molecule has 1 saturated heterocycles. The number of rotatable bonds is 6. The van der Waals surface area contributed by atoms with E-state index in [4.69, 9.17) is 9.47 Å². The number of ketones is 1. The van der Waals surface area contributed by atoms with Gasteiger partial charge in [0.25, 0.3) is 0 Å². The highest BCUT2D eigenvalue weighted by Gasteiger charge is 2.32. The van der Waals surface area contributed by atoms with Crippen molar-refractivity contribution in [3.63, 3.8) is 0 Å². The second-order valence-corrected chi connectivity index (χ2v) is 7.00. The molecule has 2 heterocycles. The summed E-state index contributed by atoms with van der Waals surface area (Å²) in [6.45, 7) is 6.28. The van der Waals surface area contributed by atoms with E-state index in [1.54, 1.807) is 32.5 Å². The molecule has 0 radical (unpaired) electrons. The molecule has 0 aromatic carbocycles. The fraction of sp³-hybridized carbons (Fsp3) is 0.588. The lowest BCUT2D eigenvalue weighted by atomic mass is 10.1. The van der Waals surface area contributed by atoms with E-state index in [1.807, 2.05) is 4.90 Å². The molecule has 1 aromatic heterocycles. The average molecular weight is 368 g/mol. The summed E-state index contributed by atoms with van der Waals surface area (Å²) in [6.07, 6.45) is 0. The molecule has 0 amide bonds. The molecule has 0 unspecified atom stereocenters. The van der Waals surface area contributed by atoms with Gasteiger partial charge in [-0.1, -0.05) is 0 Å². The molecule has 0 aliphatic carbocycles. The Morgan fingerprint density at radius 1 is 1.32 bits per heavy atom. The van der Waals surface area contributed by atoms with Crippen molar-refractivity contribution in [2.24, 2.45) is 0 Å². The molecule has 1 aromatic rings. The van der Waals surface area contributed by atoms with Crippen LogP contribution in [-0.4, -0.2) is 72.0 Å². The number of carbonyl (C=O) groups is 3. The first-order chi connectivity index (χ1) is 11.9. The summed E-state index contributed by atoms with van der Waals surface area (Å²) >= 11 is 1.68. The van der Waals surface area contributed by atoms with E-state index in [9.17, 15) is 14.4 Å². The maximum Gasteiger partial charge on any atom is 0.339 e. The molecule has 1 aliphatic rings. The largest absolute Gasteiger partial charge is 0.465 e. The number of H-pyrrole nitrogens is 1. The molecule has 7 nitrogen and oxygen atoms in total. The van der Waals surface area contributed by atoms with Gasteiger partial charge in [0.05, 0.1) is 31.5 Å². The molecule has 0 bridgehead atoms. The molecule has 138 valence electrons. The summed E-state index contributed by atoms with van der Waals surface area (Å²) in [7, 11) is 1.31. The quantitative estimate of drug-likeness (QED) is 0.602. The van der Waals surface area contributed by atoms with Crippen molar-refractivity contribution < 1.29 is 23.9 Å². The Labute approximate surface area is 151 Å². The molecule has 1 fully saturated rings. The van der Waals surface area contributed by atoms with E-state index in [0.717, 1.165) is 5.75 Å². The van der Waals surface area contributed by atoms with Crippen LogP contribution >= 0.6 is 11.8 Å². The van der Waals surface area contributed by atoms with E-state index in [1.165, 1.54) is 7.11 Å². The highest BCUT2D eigenvalue weighted by molar-refractivity contribution is 7.99. The number of esters is 2. The molecule has 8 heteroatoms. The number of hydrogen-bond acceptors (Lipinski definition) is 7.